The van der Waals surface area contributed by atoms with E-state index in [1.165, 1.54) is 0 Å². The maximum Gasteiger partial charge on any atom is 0.165 e. The molecule has 0 aliphatic rings. The summed E-state index contributed by atoms with van der Waals surface area (Å²) in [6.07, 6.45) is 6.64. The van der Waals surface area contributed by atoms with Gasteiger partial charge in [-0.3, -0.25) is 9.97 Å². The number of ether oxygens (including phenoxy) is 1. The highest BCUT2D eigenvalue weighted by Crippen LogP contribution is 2.35. The van der Waals surface area contributed by atoms with Crippen LogP contribution in [0, 0.1) is 0 Å². The van der Waals surface area contributed by atoms with Crippen LogP contribution in [0.4, 0.5) is 0 Å². The molecule has 0 spiro atoms. The van der Waals surface area contributed by atoms with Gasteiger partial charge in [-0.15, -0.1) is 0 Å². The van der Waals surface area contributed by atoms with Crippen LogP contribution in [0.15, 0.2) is 47.5 Å². The van der Waals surface area contributed by atoms with Crippen LogP contribution in [0.5, 0.6) is 5.75 Å². The molecular formula is C13H10N2O2. The van der Waals surface area contributed by atoms with Crippen LogP contribution in [0.1, 0.15) is 0 Å². The zero-order chi connectivity index (χ0) is 11.7. The molecule has 17 heavy (non-hydrogen) atoms. The third-order valence-corrected chi connectivity index (χ3v) is 2.62. The number of hydrogen-bond acceptors (Lipinski definition) is 4. The number of hydrogen-bond donors (Lipinski definition) is 0. The average molecular weight is 226 g/mol. The van der Waals surface area contributed by atoms with E-state index in [1.54, 1.807) is 32.0 Å². The summed E-state index contributed by atoms with van der Waals surface area (Å²) in [5.74, 6) is 0.709. The van der Waals surface area contributed by atoms with E-state index in [9.17, 15) is 0 Å². The number of furan rings is 1. The van der Waals surface area contributed by atoms with E-state index in [0.717, 1.165) is 22.2 Å². The van der Waals surface area contributed by atoms with Gasteiger partial charge in [-0.05, 0) is 6.07 Å². The molecule has 2 heterocycles. The standard InChI is InChI=1S/C13H10N2O2/c1-16-12-8-17-11-4-2-3-9(13(11)12)10-7-14-5-6-15-10/h2-8H,1H3. The summed E-state index contributed by atoms with van der Waals surface area (Å²) >= 11 is 0. The summed E-state index contributed by atoms with van der Waals surface area (Å²) in [4.78, 5) is 8.37. The summed E-state index contributed by atoms with van der Waals surface area (Å²) in [6, 6.07) is 5.80. The number of benzene rings is 1. The zero-order valence-corrected chi connectivity index (χ0v) is 9.25. The van der Waals surface area contributed by atoms with Crippen LogP contribution in [0.2, 0.25) is 0 Å². The molecule has 3 aromatic rings. The minimum Gasteiger partial charge on any atom is -0.493 e. The smallest absolute Gasteiger partial charge is 0.165 e. The highest BCUT2D eigenvalue weighted by molar-refractivity contribution is 5.97. The van der Waals surface area contributed by atoms with Crippen LogP contribution in [0.3, 0.4) is 0 Å². The topological polar surface area (TPSA) is 48.2 Å². The molecule has 3 rings (SSSR count). The number of aromatic nitrogens is 2. The van der Waals surface area contributed by atoms with Crippen molar-refractivity contribution in [3.8, 4) is 17.0 Å². The Labute approximate surface area is 97.9 Å². The lowest BCUT2D eigenvalue weighted by Gasteiger charge is -2.03. The molecule has 0 aliphatic carbocycles. The average Bonchev–Trinajstić information content (AvgIpc) is 2.82. The van der Waals surface area contributed by atoms with Gasteiger partial charge in [0.15, 0.2) is 5.75 Å². The fraction of sp³-hybridized carbons (Fsp3) is 0.0769. The van der Waals surface area contributed by atoms with E-state index in [-0.39, 0.29) is 0 Å². The molecule has 0 saturated heterocycles. The Balaban J connectivity index is 2.33. The monoisotopic (exact) mass is 226 g/mol. The minimum atomic E-state index is 0.709. The minimum absolute atomic E-state index is 0.709. The SMILES string of the molecule is COc1coc2cccc(-c3cnccn3)c12. The van der Waals surface area contributed by atoms with Gasteiger partial charge in [-0.25, -0.2) is 0 Å². The maximum absolute atomic E-state index is 5.43. The van der Waals surface area contributed by atoms with Crippen LogP contribution >= 0.6 is 0 Å². The molecule has 2 aromatic heterocycles. The van der Waals surface area contributed by atoms with Crippen LogP contribution in [0.25, 0.3) is 22.2 Å². The largest absolute Gasteiger partial charge is 0.493 e. The molecule has 0 atom stereocenters. The Hall–Kier alpha value is -2.36. The van der Waals surface area contributed by atoms with Crippen LogP contribution < -0.4 is 4.74 Å². The van der Waals surface area contributed by atoms with Gasteiger partial charge in [0.05, 0.1) is 24.4 Å². The molecule has 0 aliphatic heterocycles. The third kappa shape index (κ3) is 1.54. The normalized spacial score (nSPS) is 10.6. The lowest BCUT2D eigenvalue weighted by atomic mass is 10.1. The molecule has 1 aromatic carbocycles. The molecule has 4 heteroatoms. The molecule has 0 unspecified atom stereocenters. The number of rotatable bonds is 2. The van der Waals surface area contributed by atoms with E-state index in [4.69, 9.17) is 9.15 Å². The van der Waals surface area contributed by atoms with Gasteiger partial charge in [-0.1, -0.05) is 12.1 Å². The first-order valence-corrected chi connectivity index (χ1v) is 5.21. The number of fused-ring (bicyclic) bond motifs is 1. The fourth-order valence-corrected chi connectivity index (χ4v) is 1.86. The van der Waals surface area contributed by atoms with E-state index < -0.39 is 0 Å². The van der Waals surface area contributed by atoms with Crippen molar-refractivity contribution >= 4 is 11.0 Å². The highest BCUT2D eigenvalue weighted by atomic mass is 16.5. The Morgan fingerprint density at radius 3 is 2.94 bits per heavy atom. The van der Waals surface area contributed by atoms with Crippen molar-refractivity contribution in [3.05, 3.63) is 43.1 Å². The van der Waals surface area contributed by atoms with Crippen molar-refractivity contribution in [1.29, 1.82) is 0 Å². The van der Waals surface area contributed by atoms with Gasteiger partial charge >= 0.3 is 0 Å². The molecule has 0 amide bonds. The summed E-state index contributed by atoms with van der Waals surface area (Å²) < 4.78 is 10.7. The Kier molecular flexibility index (Phi) is 2.26. The van der Waals surface area contributed by atoms with Gasteiger partial charge in [0, 0.05) is 18.0 Å². The molecule has 0 N–H and O–H groups in total. The zero-order valence-electron chi connectivity index (χ0n) is 9.25. The van der Waals surface area contributed by atoms with Crippen molar-refractivity contribution < 1.29 is 9.15 Å². The lowest BCUT2D eigenvalue weighted by molar-refractivity contribution is 0.410. The fourth-order valence-electron chi connectivity index (χ4n) is 1.86. The summed E-state index contributed by atoms with van der Waals surface area (Å²) in [6.45, 7) is 0. The third-order valence-electron chi connectivity index (χ3n) is 2.62. The van der Waals surface area contributed by atoms with Crippen LogP contribution in [-0.4, -0.2) is 17.1 Å². The second-order valence-corrected chi connectivity index (χ2v) is 3.57. The van der Waals surface area contributed by atoms with Crippen molar-refractivity contribution in [1.82, 2.24) is 9.97 Å². The molecule has 4 nitrogen and oxygen atoms in total. The van der Waals surface area contributed by atoms with Gasteiger partial charge in [0.1, 0.15) is 11.8 Å². The molecule has 0 saturated carbocycles. The maximum atomic E-state index is 5.43. The van der Waals surface area contributed by atoms with Gasteiger partial charge < -0.3 is 9.15 Å². The second-order valence-electron chi connectivity index (χ2n) is 3.57. The van der Waals surface area contributed by atoms with Gasteiger partial charge in [0.2, 0.25) is 0 Å². The molecule has 84 valence electrons. The molecule has 0 fully saturated rings. The van der Waals surface area contributed by atoms with E-state index >= 15 is 0 Å². The van der Waals surface area contributed by atoms with Crippen molar-refractivity contribution in [2.75, 3.05) is 7.11 Å². The first kappa shape index (κ1) is 9.84. The molecule has 0 radical (unpaired) electrons. The first-order chi connectivity index (χ1) is 8.40. The van der Waals surface area contributed by atoms with Crippen molar-refractivity contribution in [2.45, 2.75) is 0 Å². The Bertz CT molecular complexity index is 647. The predicted octanol–water partition coefficient (Wildman–Crippen LogP) is 2.90. The highest BCUT2D eigenvalue weighted by Gasteiger charge is 2.12. The predicted molar refractivity (Wildman–Crippen MR) is 63.8 cm³/mol. The Morgan fingerprint density at radius 1 is 1.24 bits per heavy atom. The number of nitrogens with zero attached hydrogens (tertiary/aromatic N) is 2. The van der Waals surface area contributed by atoms with Crippen LogP contribution in [-0.2, 0) is 0 Å². The van der Waals surface area contributed by atoms with E-state index in [2.05, 4.69) is 9.97 Å². The second kappa shape index (κ2) is 3.90. The lowest BCUT2D eigenvalue weighted by Crippen LogP contribution is -1.87. The summed E-state index contributed by atoms with van der Waals surface area (Å²) in [5.41, 5.74) is 2.55. The van der Waals surface area contributed by atoms with Gasteiger partial charge in [0.25, 0.3) is 0 Å². The van der Waals surface area contributed by atoms with Crippen molar-refractivity contribution in [3.63, 3.8) is 0 Å². The first-order valence-electron chi connectivity index (χ1n) is 5.21. The molecular weight excluding hydrogens is 216 g/mol. The van der Waals surface area contributed by atoms with Crippen molar-refractivity contribution in [2.24, 2.45) is 0 Å². The van der Waals surface area contributed by atoms with E-state index in [1.807, 2.05) is 18.2 Å². The Morgan fingerprint density at radius 2 is 2.18 bits per heavy atom. The quantitative estimate of drug-likeness (QED) is 0.674. The summed E-state index contributed by atoms with van der Waals surface area (Å²) in [7, 11) is 1.62. The molecule has 0 bridgehead atoms. The summed E-state index contributed by atoms with van der Waals surface area (Å²) in [5, 5.41) is 0.926. The van der Waals surface area contributed by atoms with Gasteiger partial charge in [-0.2, -0.15) is 0 Å². The van der Waals surface area contributed by atoms with E-state index in [0.29, 0.717) is 5.75 Å². The number of methoxy groups -OCH3 is 1.